The predicted octanol–water partition coefficient (Wildman–Crippen LogP) is 3.09. The van der Waals surface area contributed by atoms with Crippen LogP contribution in [0.5, 0.6) is 0 Å². The lowest BCUT2D eigenvalue weighted by Crippen LogP contribution is -2.31. The molecule has 2 saturated heterocycles. The van der Waals surface area contributed by atoms with Crippen LogP contribution in [-0.2, 0) is 21.3 Å². The number of hydrogen-bond acceptors (Lipinski definition) is 4. The first-order valence-corrected chi connectivity index (χ1v) is 9.56. The molecule has 0 spiro atoms. The lowest BCUT2D eigenvalue weighted by atomic mass is 9.88. The summed E-state index contributed by atoms with van der Waals surface area (Å²) in [4.78, 5) is 12.5. The van der Waals surface area contributed by atoms with E-state index in [1.807, 2.05) is 13.1 Å². The average Bonchev–Trinajstić information content (AvgIpc) is 2.96. The number of rotatable bonds is 5. The molecule has 0 aliphatic carbocycles. The number of ether oxygens (including phenoxy) is 2. The maximum atomic E-state index is 12.5. The van der Waals surface area contributed by atoms with Gasteiger partial charge in [0.25, 0.3) is 0 Å². The maximum Gasteiger partial charge on any atom is 0.225 e. The van der Waals surface area contributed by atoms with E-state index in [2.05, 4.69) is 24.3 Å². The van der Waals surface area contributed by atoms with Gasteiger partial charge in [-0.15, -0.1) is 0 Å². The highest BCUT2D eigenvalue weighted by Crippen LogP contribution is 2.29. The van der Waals surface area contributed by atoms with Gasteiger partial charge in [0.05, 0.1) is 18.4 Å². The Morgan fingerprint density at radius 3 is 2.96 bits per heavy atom. The van der Waals surface area contributed by atoms with Crippen molar-refractivity contribution < 1.29 is 14.3 Å². The second-order valence-electron chi connectivity index (χ2n) is 7.79. The zero-order chi connectivity index (χ0) is 17.8. The highest BCUT2D eigenvalue weighted by molar-refractivity contribution is 5.90. The number of aryl methyl sites for hydroxylation is 1. The minimum atomic E-state index is 0.0730. The first-order chi connectivity index (χ1) is 12.0. The summed E-state index contributed by atoms with van der Waals surface area (Å²) in [5.41, 5.74) is 1.02. The van der Waals surface area contributed by atoms with Gasteiger partial charge in [-0.2, -0.15) is 5.10 Å². The van der Waals surface area contributed by atoms with Gasteiger partial charge in [-0.05, 0) is 37.5 Å². The van der Waals surface area contributed by atoms with Crippen LogP contribution in [0, 0.1) is 11.8 Å². The third kappa shape index (κ3) is 4.82. The fourth-order valence-electron chi connectivity index (χ4n) is 3.79. The Balaban J connectivity index is 1.55. The molecule has 25 heavy (non-hydrogen) atoms. The van der Waals surface area contributed by atoms with E-state index in [0.29, 0.717) is 24.2 Å². The third-order valence-corrected chi connectivity index (χ3v) is 5.39. The molecule has 6 nitrogen and oxygen atoms in total. The molecule has 3 atom stereocenters. The molecule has 0 radical (unpaired) electrons. The summed E-state index contributed by atoms with van der Waals surface area (Å²) >= 11 is 0. The number of aromatic nitrogens is 2. The van der Waals surface area contributed by atoms with Gasteiger partial charge < -0.3 is 14.8 Å². The van der Waals surface area contributed by atoms with Gasteiger partial charge in [0.15, 0.2) is 0 Å². The molecular formula is C19H31N3O3. The number of carbonyl (C=O) groups excluding carboxylic acids is 1. The summed E-state index contributed by atoms with van der Waals surface area (Å²) in [7, 11) is 1.88. The van der Waals surface area contributed by atoms with E-state index >= 15 is 0 Å². The summed E-state index contributed by atoms with van der Waals surface area (Å²) in [6.07, 6.45) is 4.95. The Bertz CT molecular complexity index is 578. The average molecular weight is 349 g/mol. The van der Waals surface area contributed by atoms with Gasteiger partial charge in [0.1, 0.15) is 5.82 Å². The summed E-state index contributed by atoms with van der Waals surface area (Å²) in [6, 6.07) is 2.00. The van der Waals surface area contributed by atoms with Crippen LogP contribution in [0.4, 0.5) is 5.82 Å². The van der Waals surface area contributed by atoms with Crippen molar-refractivity contribution in [3.8, 4) is 0 Å². The smallest absolute Gasteiger partial charge is 0.225 e. The second-order valence-corrected chi connectivity index (χ2v) is 7.79. The van der Waals surface area contributed by atoms with Crippen LogP contribution in [0.15, 0.2) is 6.07 Å². The molecule has 2 fully saturated rings. The summed E-state index contributed by atoms with van der Waals surface area (Å²) < 4.78 is 13.1. The van der Waals surface area contributed by atoms with Gasteiger partial charge >= 0.3 is 0 Å². The van der Waals surface area contributed by atoms with E-state index < -0.39 is 0 Å². The van der Waals surface area contributed by atoms with Crippen molar-refractivity contribution in [1.82, 2.24) is 9.78 Å². The van der Waals surface area contributed by atoms with Crippen molar-refractivity contribution in [1.29, 1.82) is 0 Å². The molecule has 0 unspecified atom stereocenters. The number of hydrogen-bond donors (Lipinski definition) is 1. The van der Waals surface area contributed by atoms with Crippen LogP contribution in [0.3, 0.4) is 0 Å². The van der Waals surface area contributed by atoms with Gasteiger partial charge in [-0.1, -0.05) is 13.8 Å². The van der Waals surface area contributed by atoms with Crippen LogP contribution in [-0.4, -0.2) is 41.6 Å². The molecule has 0 bridgehead atoms. The number of nitrogens with one attached hydrogen (secondary N) is 1. The topological polar surface area (TPSA) is 65.4 Å². The highest BCUT2D eigenvalue weighted by Gasteiger charge is 2.27. The Morgan fingerprint density at radius 2 is 2.24 bits per heavy atom. The molecule has 140 valence electrons. The number of nitrogens with zero attached hydrogens (tertiary/aromatic N) is 2. The highest BCUT2D eigenvalue weighted by atomic mass is 16.5. The Kier molecular flexibility index (Phi) is 6.12. The lowest BCUT2D eigenvalue weighted by Gasteiger charge is -2.31. The van der Waals surface area contributed by atoms with Gasteiger partial charge in [-0.25, -0.2) is 0 Å². The van der Waals surface area contributed by atoms with E-state index in [9.17, 15) is 4.79 Å². The number of amides is 1. The number of carbonyl (C=O) groups is 1. The molecule has 1 aromatic heterocycles. The monoisotopic (exact) mass is 349 g/mol. The lowest BCUT2D eigenvalue weighted by molar-refractivity contribution is -0.118. The molecule has 3 rings (SSSR count). The van der Waals surface area contributed by atoms with E-state index in [1.165, 1.54) is 0 Å². The molecule has 0 saturated carbocycles. The van der Waals surface area contributed by atoms with Crippen molar-refractivity contribution in [3.05, 3.63) is 11.8 Å². The van der Waals surface area contributed by atoms with Crippen molar-refractivity contribution in [2.45, 2.75) is 58.0 Å². The molecule has 0 aromatic carbocycles. The Hall–Kier alpha value is -1.40. The standard InChI is InChI=1S/C19H31N3O3/c1-13(2)17-9-14(6-8-25-17)10-19(23)20-18-11-16(21-22(18)3)15-5-4-7-24-12-15/h11,13-15,17H,4-10,12H2,1-3H3,(H,20,23)/t14-,15-,17-/m0/s1. The van der Waals surface area contributed by atoms with Crippen molar-refractivity contribution in [3.63, 3.8) is 0 Å². The molecule has 1 N–H and O–H groups in total. The van der Waals surface area contributed by atoms with E-state index in [0.717, 1.165) is 57.0 Å². The third-order valence-electron chi connectivity index (χ3n) is 5.39. The molecule has 1 aromatic rings. The molecular weight excluding hydrogens is 318 g/mol. The zero-order valence-electron chi connectivity index (χ0n) is 15.7. The van der Waals surface area contributed by atoms with Crippen molar-refractivity contribution >= 4 is 11.7 Å². The molecule has 1 amide bonds. The Labute approximate surface area is 150 Å². The second kappa shape index (κ2) is 8.32. The Morgan fingerprint density at radius 1 is 1.40 bits per heavy atom. The van der Waals surface area contributed by atoms with E-state index in [4.69, 9.17) is 9.47 Å². The molecule has 3 heterocycles. The van der Waals surface area contributed by atoms with Crippen LogP contribution in [0.2, 0.25) is 0 Å². The minimum absolute atomic E-state index is 0.0730. The van der Waals surface area contributed by atoms with Gasteiger partial charge in [-0.3, -0.25) is 9.48 Å². The van der Waals surface area contributed by atoms with Crippen LogP contribution < -0.4 is 5.32 Å². The van der Waals surface area contributed by atoms with E-state index in [-0.39, 0.29) is 12.0 Å². The maximum absolute atomic E-state index is 12.5. The summed E-state index contributed by atoms with van der Waals surface area (Å²) in [6.45, 7) is 6.69. The van der Waals surface area contributed by atoms with Crippen molar-refractivity contribution in [2.24, 2.45) is 18.9 Å². The quantitative estimate of drug-likeness (QED) is 0.887. The first kappa shape index (κ1) is 18.4. The van der Waals surface area contributed by atoms with Crippen LogP contribution in [0.1, 0.15) is 57.6 Å². The van der Waals surface area contributed by atoms with Gasteiger partial charge in [0, 0.05) is 38.7 Å². The molecule has 2 aliphatic rings. The van der Waals surface area contributed by atoms with Crippen LogP contribution in [0.25, 0.3) is 0 Å². The number of anilines is 1. The summed E-state index contributed by atoms with van der Waals surface area (Å²) in [5, 5.41) is 7.61. The van der Waals surface area contributed by atoms with Gasteiger partial charge in [0.2, 0.25) is 5.91 Å². The predicted molar refractivity (Wildman–Crippen MR) is 96.6 cm³/mol. The van der Waals surface area contributed by atoms with E-state index in [1.54, 1.807) is 4.68 Å². The fourth-order valence-corrected chi connectivity index (χ4v) is 3.79. The summed E-state index contributed by atoms with van der Waals surface area (Å²) in [5.74, 6) is 2.10. The molecule has 2 aliphatic heterocycles. The van der Waals surface area contributed by atoms with Crippen LogP contribution >= 0.6 is 0 Å². The largest absolute Gasteiger partial charge is 0.381 e. The zero-order valence-corrected chi connectivity index (χ0v) is 15.7. The minimum Gasteiger partial charge on any atom is -0.381 e. The molecule has 6 heteroatoms. The SMILES string of the molecule is CC(C)[C@@H]1C[C@@H](CC(=O)Nc2cc([C@H]3CCCOC3)nn2C)CCO1. The normalized spacial score (nSPS) is 27.4. The first-order valence-electron chi connectivity index (χ1n) is 9.56. The van der Waals surface area contributed by atoms with Crippen molar-refractivity contribution in [2.75, 3.05) is 25.1 Å². The fraction of sp³-hybridized carbons (Fsp3) is 0.789.